The molecule has 1 aliphatic rings. The molecule has 4 rings (SSSR count). The Bertz CT molecular complexity index is 971. The molecule has 0 bridgehead atoms. The largest absolute Gasteiger partial charge is 0.488 e. The van der Waals surface area contributed by atoms with Crippen LogP contribution in [0.3, 0.4) is 0 Å². The zero-order chi connectivity index (χ0) is 18.8. The van der Waals surface area contributed by atoms with E-state index < -0.39 is 0 Å². The molecule has 2 aromatic carbocycles. The molecule has 27 heavy (non-hydrogen) atoms. The van der Waals surface area contributed by atoms with Crippen molar-refractivity contribution in [2.45, 2.75) is 39.7 Å². The average Bonchev–Trinajstić information content (AvgIpc) is 3.26. The Balaban J connectivity index is 1.51. The van der Waals surface area contributed by atoms with Crippen molar-refractivity contribution in [3.63, 3.8) is 0 Å². The maximum atomic E-state index is 12.8. The van der Waals surface area contributed by atoms with Gasteiger partial charge in [-0.3, -0.25) is 4.79 Å². The Labute approximate surface area is 158 Å². The average molecular weight is 362 g/mol. The number of nitrogens with one attached hydrogen (secondary N) is 1. The Hall–Kier alpha value is -3.08. The molecule has 0 saturated heterocycles. The number of fused-ring (bicyclic) bond motifs is 1. The molecule has 3 aromatic rings. The number of anilines is 1. The van der Waals surface area contributed by atoms with Crippen molar-refractivity contribution in [3.8, 4) is 5.75 Å². The first-order chi connectivity index (χ1) is 13.1. The highest BCUT2D eigenvalue weighted by molar-refractivity contribution is 6.06. The second-order valence-electron chi connectivity index (χ2n) is 6.88. The van der Waals surface area contributed by atoms with E-state index in [1.165, 1.54) is 17.5 Å². The number of carbonyl (C=O) groups excluding carboxylic acids is 1. The molecular formula is C22H22N2O3. The van der Waals surface area contributed by atoms with Crippen LogP contribution in [0.4, 0.5) is 5.69 Å². The van der Waals surface area contributed by atoms with Gasteiger partial charge < -0.3 is 14.6 Å². The molecule has 0 fully saturated rings. The zero-order valence-corrected chi connectivity index (χ0v) is 15.5. The number of ether oxygens (including phenoxy) is 1. The summed E-state index contributed by atoms with van der Waals surface area (Å²) >= 11 is 0. The number of aromatic nitrogens is 1. The first-order valence-electron chi connectivity index (χ1n) is 9.18. The van der Waals surface area contributed by atoms with Gasteiger partial charge >= 0.3 is 0 Å². The lowest BCUT2D eigenvalue weighted by atomic mass is 10.1. The lowest BCUT2D eigenvalue weighted by molar-refractivity contribution is 0.102. The van der Waals surface area contributed by atoms with E-state index in [1.807, 2.05) is 32.0 Å². The molecule has 5 nitrogen and oxygen atoms in total. The molecular weight excluding hydrogens is 340 g/mol. The van der Waals surface area contributed by atoms with E-state index in [0.29, 0.717) is 17.9 Å². The number of rotatable bonds is 5. The van der Waals surface area contributed by atoms with E-state index in [2.05, 4.69) is 22.6 Å². The summed E-state index contributed by atoms with van der Waals surface area (Å²) in [6.45, 7) is 4.04. The van der Waals surface area contributed by atoms with Crippen LogP contribution in [0.5, 0.6) is 5.75 Å². The minimum Gasteiger partial charge on any atom is -0.488 e. The molecule has 1 N–H and O–H groups in total. The maximum Gasteiger partial charge on any atom is 0.259 e. The van der Waals surface area contributed by atoms with Gasteiger partial charge in [0.15, 0.2) is 0 Å². The van der Waals surface area contributed by atoms with Crippen molar-refractivity contribution in [2.24, 2.45) is 0 Å². The summed E-state index contributed by atoms with van der Waals surface area (Å²) in [5.74, 6) is 1.09. The van der Waals surface area contributed by atoms with Gasteiger partial charge in [-0.25, -0.2) is 0 Å². The van der Waals surface area contributed by atoms with Crippen LogP contribution < -0.4 is 10.1 Å². The number of nitrogens with zero attached hydrogens (tertiary/aromatic N) is 1. The fourth-order valence-electron chi connectivity index (χ4n) is 3.49. The number of benzene rings is 2. The highest BCUT2D eigenvalue weighted by Crippen LogP contribution is 2.26. The minimum absolute atomic E-state index is 0.178. The number of aryl methyl sites for hydroxylation is 4. The smallest absolute Gasteiger partial charge is 0.259 e. The summed E-state index contributed by atoms with van der Waals surface area (Å²) in [4.78, 5) is 12.8. The second-order valence-corrected chi connectivity index (χ2v) is 6.88. The summed E-state index contributed by atoms with van der Waals surface area (Å²) in [5.41, 5.74) is 5.74. The topological polar surface area (TPSA) is 64.4 Å². The van der Waals surface area contributed by atoms with E-state index in [1.54, 1.807) is 12.1 Å². The van der Waals surface area contributed by atoms with Gasteiger partial charge in [0, 0.05) is 5.69 Å². The molecule has 1 aromatic heterocycles. The Morgan fingerprint density at radius 3 is 2.78 bits per heavy atom. The summed E-state index contributed by atoms with van der Waals surface area (Å²) in [6.07, 6.45) is 3.39. The molecule has 0 aliphatic heterocycles. The Morgan fingerprint density at radius 1 is 1.15 bits per heavy atom. The quantitative estimate of drug-likeness (QED) is 0.720. The predicted octanol–water partition coefficient (Wildman–Crippen LogP) is 4.61. The lowest BCUT2D eigenvalue weighted by Gasteiger charge is -2.12. The number of hydrogen-bond donors (Lipinski definition) is 1. The van der Waals surface area contributed by atoms with Crippen LogP contribution in [0.2, 0.25) is 0 Å². The number of amides is 1. The summed E-state index contributed by atoms with van der Waals surface area (Å²) < 4.78 is 11.1. The van der Waals surface area contributed by atoms with E-state index in [4.69, 9.17) is 9.26 Å². The molecule has 5 heteroatoms. The monoisotopic (exact) mass is 362 g/mol. The van der Waals surface area contributed by atoms with Gasteiger partial charge in [0.25, 0.3) is 5.91 Å². The minimum atomic E-state index is -0.178. The maximum absolute atomic E-state index is 12.8. The van der Waals surface area contributed by atoms with Crippen LogP contribution in [0, 0.1) is 13.8 Å². The standard InChI is InChI=1S/C22H22N2O3/c1-14-20(15(2)27-24-14)13-26-21-9-4-3-8-19(21)22(25)23-18-11-10-16-6-5-7-17(16)12-18/h3-4,8-12H,5-7,13H2,1-2H3,(H,23,25). The van der Waals surface area contributed by atoms with Crippen molar-refractivity contribution < 1.29 is 14.1 Å². The van der Waals surface area contributed by atoms with Gasteiger partial charge in [-0.1, -0.05) is 23.4 Å². The molecule has 1 amide bonds. The number of para-hydroxylation sites is 1. The van der Waals surface area contributed by atoms with Crippen LogP contribution in [-0.4, -0.2) is 11.1 Å². The van der Waals surface area contributed by atoms with E-state index in [9.17, 15) is 4.79 Å². The van der Waals surface area contributed by atoms with Gasteiger partial charge in [-0.05, 0) is 68.5 Å². The summed E-state index contributed by atoms with van der Waals surface area (Å²) in [6, 6.07) is 13.4. The highest BCUT2D eigenvalue weighted by atomic mass is 16.5. The third-order valence-corrected chi connectivity index (χ3v) is 5.04. The third-order valence-electron chi connectivity index (χ3n) is 5.04. The molecule has 0 radical (unpaired) electrons. The van der Waals surface area contributed by atoms with E-state index in [-0.39, 0.29) is 5.91 Å². The number of hydrogen-bond acceptors (Lipinski definition) is 4. The molecule has 0 atom stereocenters. The SMILES string of the molecule is Cc1noc(C)c1COc1ccccc1C(=O)Nc1ccc2c(c1)CCC2. The first kappa shape index (κ1) is 17.3. The van der Waals surface area contributed by atoms with Crippen molar-refractivity contribution in [2.75, 3.05) is 5.32 Å². The molecule has 0 saturated carbocycles. The second kappa shape index (κ2) is 7.27. The van der Waals surface area contributed by atoms with Crippen LogP contribution >= 0.6 is 0 Å². The molecule has 138 valence electrons. The van der Waals surface area contributed by atoms with Gasteiger partial charge in [0.2, 0.25) is 0 Å². The number of carbonyl (C=O) groups is 1. The van der Waals surface area contributed by atoms with Gasteiger partial charge in [0.05, 0.1) is 16.8 Å². The van der Waals surface area contributed by atoms with Crippen molar-refractivity contribution >= 4 is 11.6 Å². The fourth-order valence-corrected chi connectivity index (χ4v) is 3.49. The normalized spacial score (nSPS) is 12.7. The molecule has 0 spiro atoms. The summed E-state index contributed by atoms with van der Waals surface area (Å²) in [7, 11) is 0. The first-order valence-corrected chi connectivity index (χ1v) is 9.18. The predicted molar refractivity (Wildman–Crippen MR) is 103 cm³/mol. The van der Waals surface area contributed by atoms with Crippen molar-refractivity contribution in [1.29, 1.82) is 0 Å². The van der Waals surface area contributed by atoms with Crippen LogP contribution in [0.1, 0.15) is 44.9 Å². The molecule has 1 aliphatic carbocycles. The van der Waals surface area contributed by atoms with Crippen molar-refractivity contribution in [1.82, 2.24) is 5.16 Å². The Kier molecular flexibility index (Phi) is 4.67. The summed E-state index contributed by atoms with van der Waals surface area (Å²) in [5, 5.41) is 6.93. The molecule has 0 unspecified atom stereocenters. The van der Waals surface area contributed by atoms with Crippen LogP contribution in [-0.2, 0) is 19.4 Å². The molecule has 1 heterocycles. The zero-order valence-electron chi connectivity index (χ0n) is 15.5. The fraction of sp³-hybridized carbons (Fsp3) is 0.273. The Morgan fingerprint density at radius 2 is 1.96 bits per heavy atom. The highest BCUT2D eigenvalue weighted by Gasteiger charge is 2.16. The van der Waals surface area contributed by atoms with E-state index >= 15 is 0 Å². The lowest BCUT2D eigenvalue weighted by Crippen LogP contribution is -2.14. The van der Waals surface area contributed by atoms with E-state index in [0.717, 1.165) is 35.5 Å². The van der Waals surface area contributed by atoms with Crippen LogP contribution in [0.25, 0.3) is 0 Å². The van der Waals surface area contributed by atoms with Crippen LogP contribution in [0.15, 0.2) is 47.0 Å². The van der Waals surface area contributed by atoms with Crippen molar-refractivity contribution in [3.05, 3.63) is 76.2 Å². The van der Waals surface area contributed by atoms with Gasteiger partial charge in [0.1, 0.15) is 18.1 Å². The van der Waals surface area contributed by atoms with Gasteiger partial charge in [-0.2, -0.15) is 0 Å². The van der Waals surface area contributed by atoms with Gasteiger partial charge in [-0.15, -0.1) is 0 Å². The third kappa shape index (κ3) is 3.58.